The molecule has 1 aromatic carbocycles. The number of hydrogen-bond donors (Lipinski definition) is 1. The predicted octanol–water partition coefficient (Wildman–Crippen LogP) is 2.93. The molecule has 0 amide bonds. The van der Waals surface area contributed by atoms with Crippen LogP contribution in [0.4, 0.5) is 0 Å². The molecule has 0 saturated carbocycles. The van der Waals surface area contributed by atoms with Gasteiger partial charge in [-0.2, -0.15) is 0 Å². The van der Waals surface area contributed by atoms with Crippen LogP contribution in [0.3, 0.4) is 0 Å². The van der Waals surface area contributed by atoms with Crippen LogP contribution in [-0.2, 0) is 0 Å². The Morgan fingerprint density at radius 2 is 2.23 bits per heavy atom. The Kier molecular flexibility index (Phi) is 2.67. The predicted molar refractivity (Wildman–Crippen MR) is 56.0 cm³/mol. The summed E-state index contributed by atoms with van der Waals surface area (Å²) in [6.45, 7) is 0.956. The van der Waals surface area contributed by atoms with E-state index >= 15 is 0 Å². The van der Waals surface area contributed by atoms with Crippen molar-refractivity contribution in [3.63, 3.8) is 0 Å². The molecule has 2 rings (SSSR count). The minimum absolute atomic E-state index is 0.434. The third kappa shape index (κ3) is 2.11. The fraction of sp³-hybridized carbons (Fsp3) is 0.273. The Balaban J connectivity index is 2.20. The highest BCUT2D eigenvalue weighted by atomic mass is 35.5. The summed E-state index contributed by atoms with van der Waals surface area (Å²) in [7, 11) is 0. The fourth-order valence-electron chi connectivity index (χ4n) is 1.59. The van der Waals surface area contributed by atoms with Crippen molar-refractivity contribution in [1.82, 2.24) is 5.32 Å². The maximum atomic E-state index is 5.92. The molecule has 1 heterocycles. The van der Waals surface area contributed by atoms with Gasteiger partial charge in [-0.15, -0.1) is 0 Å². The molecule has 0 radical (unpaired) electrons. The quantitative estimate of drug-likeness (QED) is 0.677. The van der Waals surface area contributed by atoms with E-state index in [2.05, 4.69) is 23.5 Å². The number of hydrogen-bond acceptors (Lipinski definition) is 1. The van der Waals surface area contributed by atoms with Crippen molar-refractivity contribution in [3.05, 3.63) is 47.0 Å². The second-order valence-corrected chi connectivity index (χ2v) is 3.66. The van der Waals surface area contributed by atoms with Crippen molar-refractivity contribution in [2.24, 2.45) is 0 Å². The lowest BCUT2D eigenvalue weighted by atomic mass is 10.0. The fourth-order valence-corrected chi connectivity index (χ4v) is 1.79. The van der Waals surface area contributed by atoms with E-state index in [-0.39, 0.29) is 0 Å². The Morgan fingerprint density at radius 3 is 2.92 bits per heavy atom. The highest BCUT2D eigenvalue weighted by molar-refractivity contribution is 6.30. The summed E-state index contributed by atoms with van der Waals surface area (Å²) in [5.41, 5.74) is 1.27. The van der Waals surface area contributed by atoms with Gasteiger partial charge in [0.25, 0.3) is 0 Å². The van der Waals surface area contributed by atoms with Crippen LogP contribution in [-0.4, -0.2) is 6.54 Å². The summed E-state index contributed by atoms with van der Waals surface area (Å²) in [6, 6.07) is 8.48. The number of nitrogens with one attached hydrogen (secondary N) is 1. The lowest BCUT2D eigenvalue weighted by molar-refractivity contribution is 0.555. The van der Waals surface area contributed by atoms with Crippen molar-refractivity contribution in [2.45, 2.75) is 12.5 Å². The van der Waals surface area contributed by atoms with Crippen molar-refractivity contribution in [2.75, 3.05) is 6.54 Å². The maximum Gasteiger partial charge on any atom is 0.0409 e. The van der Waals surface area contributed by atoms with Gasteiger partial charge in [-0.3, -0.25) is 0 Å². The molecule has 1 unspecified atom stereocenters. The molecule has 13 heavy (non-hydrogen) atoms. The minimum atomic E-state index is 0.434. The van der Waals surface area contributed by atoms with E-state index in [1.807, 2.05) is 18.2 Å². The molecule has 1 aliphatic heterocycles. The van der Waals surface area contributed by atoms with E-state index in [1.54, 1.807) is 0 Å². The molecular weight excluding hydrogens is 182 g/mol. The van der Waals surface area contributed by atoms with E-state index < -0.39 is 0 Å². The van der Waals surface area contributed by atoms with Gasteiger partial charge in [0.1, 0.15) is 0 Å². The van der Waals surface area contributed by atoms with Crippen LogP contribution in [0.15, 0.2) is 36.4 Å². The van der Waals surface area contributed by atoms with Gasteiger partial charge in [-0.05, 0) is 24.1 Å². The average Bonchev–Trinajstić information content (AvgIpc) is 2.19. The van der Waals surface area contributed by atoms with Crippen LogP contribution in [0, 0.1) is 0 Å². The lowest BCUT2D eigenvalue weighted by Gasteiger charge is -2.20. The first-order chi connectivity index (χ1) is 6.36. The molecule has 1 atom stereocenters. The van der Waals surface area contributed by atoms with Crippen molar-refractivity contribution in [1.29, 1.82) is 0 Å². The molecular formula is C11H12ClN. The summed E-state index contributed by atoms with van der Waals surface area (Å²) >= 11 is 5.92. The van der Waals surface area contributed by atoms with Crippen molar-refractivity contribution >= 4 is 11.6 Å². The maximum absolute atomic E-state index is 5.92. The van der Waals surface area contributed by atoms with Crippen LogP contribution >= 0.6 is 11.6 Å². The average molecular weight is 194 g/mol. The molecule has 1 N–H and O–H groups in total. The van der Waals surface area contributed by atoms with E-state index in [4.69, 9.17) is 11.6 Å². The van der Waals surface area contributed by atoms with Gasteiger partial charge in [-0.25, -0.2) is 0 Å². The third-order valence-electron chi connectivity index (χ3n) is 2.27. The molecule has 0 aromatic heterocycles. The summed E-state index contributed by atoms with van der Waals surface area (Å²) in [4.78, 5) is 0. The Hall–Kier alpha value is -0.790. The smallest absolute Gasteiger partial charge is 0.0409 e. The zero-order chi connectivity index (χ0) is 9.10. The standard InChI is InChI=1S/C11H12ClN/c12-10-5-3-4-9(8-10)11-6-1-2-7-13-11/h1-5,8,11,13H,6-7H2. The van der Waals surface area contributed by atoms with Crippen LogP contribution in [0.5, 0.6) is 0 Å². The second-order valence-electron chi connectivity index (χ2n) is 3.22. The first-order valence-corrected chi connectivity index (χ1v) is 4.88. The SMILES string of the molecule is Clc1cccc(C2CC=CCN2)c1. The van der Waals surface area contributed by atoms with Crippen LogP contribution in [0.2, 0.25) is 5.02 Å². The van der Waals surface area contributed by atoms with E-state index in [9.17, 15) is 0 Å². The Bertz CT molecular complexity index is 320. The molecule has 0 aliphatic carbocycles. The summed E-state index contributed by atoms with van der Waals surface area (Å²) in [5.74, 6) is 0. The number of rotatable bonds is 1. The minimum Gasteiger partial charge on any atom is -0.306 e. The zero-order valence-corrected chi connectivity index (χ0v) is 8.09. The topological polar surface area (TPSA) is 12.0 Å². The molecule has 0 spiro atoms. The Morgan fingerprint density at radius 1 is 1.31 bits per heavy atom. The highest BCUT2D eigenvalue weighted by Crippen LogP contribution is 2.22. The molecule has 1 aliphatic rings. The monoisotopic (exact) mass is 193 g/mol. The number of halogens is 1. The van der Waals surface area contributed by atoms with Gasteiger partial charge in [0.2, 0.25) is 0 Å². The van der Waals surface area contributed by atoms with Crippen molar-refractivity contribution < 1.29 is 0 Å². The highest BCUT2D eigenvalue weighted by Gasteiger charge is 2.10. The normalized spacial score (nSPS) is 21.8. The first kappa shape index (κ1) is 8.79. The largest absolute Gasteiger partial charge is 0.306 e. The van der Waals surface area contributed by atoms with Gasteiger partial charge in [0.05, 0.1) is 0 Å². The van der Waals surface area contributed by atoms with E-state index in [0.29, 0.717) is 6.04 Å². The van der Waals surface area contributed by atoms with Crippen LogP contribution < -0.4 is 5.32 Å². The third-order valence-corrected chi connectivity index (χ3v) is 2.51. The Labute approximate surface area is 83.4 Å². The lowest BCUT2D eigenvalue weighted by Crippen LogP contribution is -2.23. The van der Waals surface area contributed by atoms with Gasteiger partial charge in [0, 0.05) is 17.6 Å². The van der Waals surface area contributed by atoms with E-state index in [0.717, 1.165) is 18.0 Å². The molecule has 0 saturated heterocycles. The second kappa shape index (κ2) is 3.95. The van der Waals surface area contributed by atoms with Gasteiger partial charge in [0.15, 0.2) is 0 Å². The van der Waals surface area contributed by atoms with Crippen molar-refractivity contribution in [3.8, 4) is 0 Å². The summed E-state index contributed by atoms with van der Waals surface area (Å²) in [6.07, 6.45) is 5.42. The molecule has 0 bridgehead atoms. The molecule has 1 aromatic rings. The molecule has 2 heteroatoms. The van der Waals surface area contributed by atoms with Gasteiger partial charge >= 0.3 is 0 Å². The molecule has 0 fully saturated rings. The first-order valence-electron chi connectivity index (χ1n) is 4.50. The van der Waals surface area contributed by atoms with Crippen LogP contribution in [0.1, 0.15) is 18.0 Å². The number of benzene rings is 1. The molecule has 68 valence electrons. The van der Waals surface area contributed by atoms with Crippen LogP contribution in [0.25, 0.3) is 0 Å². The van der Waals surface area contributed by atoms with E-state index in [1.165, 1.54) is 5.56 Å². The summed E-state index contributed by atoms with van der Waals surface area (Å²) in [5, 5.41) is 4.23. The van der Waals surface area contributed by atoms with Gasteiger partial charge in [-0.1, -0.05) is 35.9 Å². The zero-order valence-electron chi connectivity index (χ0n) is 7.33. The molecule has 1 nitrogen and oxygen atoms in total. The summed E-state index contributed by atoms with van der Waals surface area (Å²) < 4.78 is 0. The van der Waals surface area contributed by atoms with Gasteiger partial charge < -0.3 is 5.32 Å².